The molecule has 1 aromatic heterocycles. The Kier molecular flexibility index (Phi) is 5.77. The van der Waals surface area contributed by atoms with Gasteiger partial charge >= 0.3 is 0 Å². The van der Waals surface area contributed by atoms with Crippen LogP contribution in [-0.4, -0.2) is 41.2 Å². The molecule has 0 fully saturated rings. The van der Waals surface area contributed by atoms with Gasteiger partial charge in [0.1, 0.15) is 0 Å². The Morgan fingerprint density at radius 2 is 1.96 bits per heavy atom. The van der Waals surface area contributed by atoms with Crippen LogP contribution in [0, 0.1) is 6.92 Å². The number of carbonyl (C=O) groups is 2. The van der Waals surface area contributed by atoms with E-state index in [2.05, 4.69) is 26.2 Å². The number of nitrogens with zero attached hydrogens (tertiary/aromatic N) is 1. The molecule has 3 rings (SSSR count). The van der Waals surface area contributed by atoms with E-state index < -0.39 is 6.04 Å². The van der Waals surface area contributed by atoms with Gasteiger partial charge in [-0.1, -0.05) is 34.1 Å². The number of nitrogens with one attached hydrogen (secondary N) is 2. The highest BCUT2D eigenvalue weighted by Gasteiger charge is 2.23. The first-order valence-corrected chi connectivity index (χ1v) is 9.52. The molecule has 1 amide bonds. The molecule has 0 bridgehead atoms. The second-order valence-corrected chi connectivity index (χ2v) is 7.63. The maximum atomic E-state index is 12.9. The number of ketones is 1. The molecule has 27 heavy (non-hydrogen) atoms. The number of amides is 1. The Morgan fingerprint density at radius 3 is 2.70 bits per heavy atom. The zero-order valence-electron chi connectivity index (χ0n) is 15.5. The zero-order valence-corrected chi connectivity index (χ0v) is 17.1. The van der Waals surface area contributed by atoms with E-state index in [1.54, 1.807) is 18.1 Å². The third-order valence-corrected chi connectivity index (χ3v) is 5.24. The summed E-state index contributed by atoms with van der Waals surface area (Å²) in [5.41, 5.74) is 3.32. The lowest BCUT2D eigenvalue weighted by Gasteiger charge is -2.23. The quantitative estimate of drug-likeness (QED) is 0.573. The number of H-pyrrole nitrogens is 1. The molecule has 0 saturated carbocycles. The first-order chi connectivity index (χ1) is 12.9. The second-order valence-electron chi connectivity index (χ2n) is 6.71. The van der Waals surface area contributed by atoms with Gasteiger partial charge in [0.05, 0.1) is 12.6 Å². The van der Waals surface area contributed by atoms with E-state index in [4.69, 9.17) is 0 Å². The third-order valence-electron chi connectivity index (χ3n) is 4.75. The lowest BCUT2D eigenvalue weighted by molar-refractivity contribution is -0.117. The summed E-state index contributed by atoms with van der Waals surface area (Å²) >= 11 is 3.41. The first-order valence-electron chi connectivity index (χ1n) is 8.73. The lowest BCUT2D eigenvalue weighted by Crippen LogP contribution is -2.40. The number of halogens is 1. The van der Waals surface area contributed by atoms with Crippen LogP contribution in [0.1, 0.15) is 22.8 Å². The minimum atomic E-state index is -0.416. The fourth-order valence-electron chi connectivity index (χ4n) is 3.02. The van der Waals surface area contributed by atoms with Gasteiger partial charge in [0.25, 0.3) is 0 Å². The van der Waals surface area contributed by atoms with Crippen molar-refractivity contribution in [2.24, 2.45) is 0 Å². The molecule has 0 aliphatic rings. The van der Waals surface area contributed by atoms with Crippen molar-refractivity contribution in [2.75, 3.05) is 18.9 Å². The number of aryl methyl sites for hydroxylation is 1. The Hall–Kier alpha value is -2.44. The molecule has 0 saturated heterocycles. The molecule has 0 aliphatic carbocycles. The van der Waals surface area contributed by atoms with Crippen LogP contribution in [0.4, 0.5) is 5.69 Å². The van der Waals surface area contributed by atoms with Crippen molar-refractivity contribution in [1.29, 1.82) is 0 Å². The van der Waals surface area contributed by atoms with E-state index in [9.17, 15) is 9.59 Å². The SMILES string of the molecule is Cc1cc(Br)ccc1NC(=O)CN(C)[C@H](C)C(=O)c1c[nH]c2ccccc12. The average Bonchev–Trinajstić information content (AvgIpc) is 3.07. The fraction of sp³-hybridized carbons (Fsp3) is 0.238. The minimum absolute atomic E-state index is 0.0115. The number of likely N-dealkylation sites (N-methyl/N-ethyl adjacent to an activating group) is 1. The van der Waals surface area contributed by atoms with Crippen LogP contribution in [0.5, 0.6) is 0 Å². The Morgan fingerprint density at radius 1 is 1.22 bits per heavy atom. The van der Waals surface area contributed by atoms with Crippen LogP contribution >= 0.6 is 15.9 Å². The molecule has 0 spiro atoms. The Balaban J connectivity index is 1.67. The molecule has 0 radical (unpaired) electrons. The third kappa shape index (κ3) is 4.28. The second kappa shape index (κ2) is 8.06. The molecule has 1 atom stereocenters. The number of anilines is 1. The van der Waals surface area contributed by atoms with Crippen LogP contribution in [0.15, 0.2) is 53.1 Å². The van der Waals surface area contributed by atoms with Crippen LogP contribution in [-0.2, 0) is 4.79 Å². The summed E-state index contributed by atoms with van der Waals surface area (Å²) < 4.78 is 0.966. The van der Waals surface area contributed by atoms with Gasteiger partial charge in [0.2, 0.25) is 5.91 Å². The highest BCUT2D eigenvalue weighted by Crippen LogP contribution is 2.21. The number of hydrogen-bond acceptors (Lipinski definition) is 3. The average molecular weight is 428 g/mol. The molecule has 0 aliphatic heterocycles. The predicted octanol–water partition coefficient (Wildman–Crippen LogP) is 4.38. The van der Waals surface area contributed by atoms with E-state index in [1.165, 1.54) is 0 Å². The summed E-state index contributed by atoms with van der Waals surface area (Å²) in [5.74, 6) is -0.163. The normalized spacial score (nSPS) is 12.3. The number of aromatic amines is 1. The van der Waals surface area contributed by atoms with E-state index >= 15 is 0 Å². The van der Waals surface area contributed by atoms with Gasteiger partial charge in [-0.05, 0) is 50.7 Å². The van der Waals surface area contributed by atoms with Crippen molar-refractivity contribution < 1.29 is 9.59 Å². The van der Waals surface area contributed by atoms with Gasteiger partial charge in [-0.3, -0.25) is 14.5 Å². The molecule has 1 heterocycles. The molecule has 0 unspecified atom stereocenters. The van der Waals surface area contributed by atoms with E-state index in [0.29, 0.717) is 5.56 Å². The smallest absolute Gasteiger partial charge is 0.238 e. The summed E-state index contributed by atoms with van der Waals surface area (Å²) in [4.78, 5) is 30.2. The summed E-state index contributed by atoms with van der Waals surface area (Å²) in [5, 5.41) is 3.81. The van der Waals surface area contributed by atoms with E-state index in [1.807, 2.05) is 56.3 Å². The van der Waals surface area contributed by atoms with Gasteiger partial charge in [-0.2, -0.15) is 0 Å². The molecule has 6 heteroatoms. The van der Waals surface area contributed by atoms with Crippen molar-refractivity contribution in [2.45, 2.75) is 19.9 Å². The van der Waals surface area contributed by atoms with Gasteiger partial charge in [-0.25, -0.2) is 0 Å². The molecule has 3 aromatic rings. The molecule has 5 nitrogen and oxygen atoms in total. The zero-order chi connectivity index (χ0) is 19.6. The van der Waals surface area contributed by atoms with Gasteiger partial charge in [-0.15, -0.1) is 0 Å². The monoisotopic (exact) mass is 427 g/mol. The number of benzene rings is 2. The summed E-state index contributed by atoms with van der Waals surface area (Å²) in [6, 6.07) is 13.0. The number of Topliss-reactive ketones (excluding diaryl/α,β-unsaturated/α-hetero) is 1. The fourth-order valence-corrected chi connectivity index (χ4v) is 3.50. The summed E-state index contributed by atoms with van der Waals surface area (Å²) in [7, 11) is 1.78. The van der Waals surface area contributed by atoms with Crippen molar-refractivity contribution >= 4 is 44.2 Å². The maximum absolute atomic E-state index is 12.9. The number of carbonyl (C=O) groups excluding carboxylic acids is 2. The topological polar surface area (TPSA) is 65.2 Å². The van der Waals surface area contributed by atoms with Crippen LogP contribution in [0.25, 0.3) is 10.9 Å². The number of rotatable bonds is 6. The minimum Gasteiger partial charge on any atom is -0.360 e. The number of fused-ring (bicyclic) bond motifs is 1. The van der Waals surface area contributed by atoms with Crippen molar-refractivity contribution in [1.82, 2.24) is 9.88 Å². The highest BCUT2D eigenvalue weighted by atomic mass is 79.9. The van der Waals surface area contributed by atoms with Crippen LogP contribution in [0.3, 0.4) is 0 Å². The molecular weight excluding hydrogens is 406 g/mol. The number of aromatic nitrogens is 1. The summed E-state index contributed by atoms with van der Waals surface area (Å²) in [6.45, 7) is 3.89. The van der Waals surface area contributed by atoms with Gasteiger partial charge < -0.3 is 10.3 Å². The maximum Gasteiger partial charge on any atom is 0.238 e. The largest absolute Gasteiger partial charge is 0.360 e. The Labute approximate surface area is 166 Å². The van der Waals surface area contributed by atoms with E-state index in [-0.39, 0.29) is 18.2 Å². The van der Waals surface area contributed by atoms with Gasteiger partial charge in [0.15, 0.2) is 5.78 Å². The first kappa shape index (κ1) is 19.3. The van der Waals surface area contributed by atoms with Crippen molar-refractivity contribution in [3.63, 3.8) is 0 Å². The lowest BCUT2D eigenvalue weighted by atomic mass is 10.0. The standard InChI is InChI=1S/C21H22BrN3O2/c1-13-10-15(22)8-9-18(13)24-20(26)12-25(3)14(2)21(27)17-11-23-19-7-5-4-6-16(17)19/h4-11,14,23H,12H2,1-3H3,(H,24,26)/t14-/m1/s1. The predicted molar refractivity (Wildman–Crippen MR) is 112 cm³/mol. The van der Waals surface area contributed by atoms with Crippen LogP contribution in [0.2, 0.25) is 0 Å². The van der Waals surface area contributed by atoms with Crippen molar-refractivity contribution in [3.05, 3.63) is 64.3 Å². The molecule has 2 N–H and O–H groups in total. The Bertz CT molecular complexity index is 996. The molecule has 140 valence electrons. The molecule has 2 aromatic carbocycles. The number of para-hydroxylation sites is 1. The van der Waals surface area contributed by atoms with Crippen molar-refractivity contribution in [3.8, 4) is 0 Å². The van der Waals surface area contributed by atoms with E-state index in [0.717, 1.165) is 26.6 Å². The van der Waals surface area contributed by atoms with Gasteiger partial charge in [0, 0.05) is 32.8 Å². The molecular formula is C21H22BrN3O2. The highest BCUT2D eigenvalue weighted by molar-refractivity contribution is 9.10. The van der Waals surface area contributed by atoms with Crippen LogP contribution < -0.4 is 5.32 Å². The summed E-state index contributed by atoms with van der Waals surface area (Å²) in [6.07, 6.45) is 1.74. The number of hydrogen-bond donors (Lipinski definition) is 2.